The number of amides is 2. The van der Waals surface area contributed by atoms with Crippen molar-refractivity contribution in [1.29, 1.82) is 0 Å². The number of aromatic nitrogens is 2. The van der Waals surface area contributed by atoms with Crippen LogP contribution in [-0.2, 0) is 0 Å². The molecule has 0 radical (unpaired) electrons. The molecular formula is C19H18N4O4. The predicted octanol–water partition coefficient (Wildman–Crippen LogP) is 2.45. The van der Waals surface area contributed by atoms with E-state index >= 15 is 0 Å². The number of carbonyl (C=O) groups excluding carboxylic acids is 2. The van der Waals surface area contributed by atoms with Gasteiger partial charge in [0.2, 0.25) is 5.91 Å². The van der Waals surface area contributed by atoms with E-state index in [0.717, 1.165) is 5.56 Å². The summed E-state index contributed by atoms with van der Waals surface area (Å²) in [6.45, 7) is 0. The van der Waals surface area contributed by atoms with Crippen molar-refractivity contribution in [2.24, 2.45) is 5.73 Å². The van der Waals surface area contributed by atoms with Crippen molar-refractivity contribution >= 4 is 17.5 Å². The van der Waals surface area contributed by atoms with Crippen LogP contribution in [0.15, 0.2) is 48.5 Å². The Kier molecular flexibility index (Phi) is 5.07. The molecule has 2 amide bonds. The third kappa shape index (κ3) is 3.90. The number of H-pyrrole nitrogens is 1. The molecular weight excluding hydrogens is 348 g/mol. The fourth-order valence-electron chi connectivity index (χ4n) is 2.50. The maximum atomic E-state index is 12.4. The second kappa shape index (κ2) is 7.61. The molecule has 27 heavy (non-hydrogen) atoms. The number of anilines is 1. The van der Waals surface area contributed by atoms with Gasteiger partial charge in [-0.2, -0.15) is 5.10 Å². The van der Waals surface area contributed by atoms with Crippen LogP contribution in [0, 0.1) is 0 Å². The zero-order valence-corrected chi connectivity index (χ0v) is 14.8. The quantitative estimate of drug-likeness (QED) is 0.619. The van der Waals surface area contributed by atoms with Crippen LogP contribution in [0.3, 0.4) is 0 Å². The minimum Gasteiger partial charge on any atom is -0.497 e. The fourth-order valence-corrected chi connectivity index (χ4v) is 2.50. The largest absolute Gasteiger partial charge is 0.497 e. The summed E-state index contributed by atoms with van der Waals surface area (Å²) in [5.41, 5.74) is 7.65. The van der Waals surface area contributed by atoms with E-state index in [1.807, 2.05) is 0 Å². The number of nitrogens with one attached hydrogen (secondary N) is 2. The van der Waals surface area contributed by atoms with E-state index in [4.69, 9.17) is 15.2 Å². The third-order valence-electron chi connectivity index (χ3n) is 3.93. The van der Waals surface area contributed by atoms with Crippen molar-refractivity contribution in [3.8, 4) is 22.8 Å². The number of nitrogens with zero attached hydrogens (tertiary/aromatic N) is 1. The van der Waals surface area contributed by atoms with Crippen molar-refractivity contribution < 1.29 is 19.1 Å². The Labute approximate surface area is 155 Å². The van der Waals surface area contributed by atoms with Crippen LogP contribution in [0.2, 0.25) is 0 Å². The summed E-state index contributed by atoms with van der Waals surface area (Å²) in [5.74, 6) is 0.339. The van der Waals surface area contributed by atoms with Crippen LogP contribution in [0.1, 0.15) is 20.8 Å². The number of ether oxygens (including phenoxy) is 2. The lowest BCUT2D eigenvalue weighted by Crippen LogP contribution is -2.13. The lowest BCUT2D eigenvalue weighted by molar-refractivity contribution is 0.0998. The molecule has 0 aliphatic heterocycles. The number of benzene rings is 2. The summed E-state index contributed by atoms with van der Waals surface area (Å²) in [6.07, 6.45) is 0. The Bertz CT molecular complexity index is 980. The molecule has 0 atom stereocenters. The van der Waals surface area contributed by atoms with Gasteiger partial charge in [0.05, 0.1) is 19.9 Å². The number of carbonyl (C=O) groups is 2. The molecule has 0 saturated carbocycles. The molecule has 0 saturated heterocycles. The molecule has 138 valence electrons. The van der Waals surface area contributed by atoms with Gasteiger partial charge in [0, 0.05) is 22.9 Å². The summed E-state index contributed by atoms with van der Waals surface area (Å²) >= 11 is 0. The Balaban J connectivity index is 1.79. The molecule has 0 aliphatic carbocycles. The third-order valence-corrected chi connectivity index (χ3v) is 3.93. The highest BCUT2D eigenvalue weighted by Gasteiger charge is 2.15. The standard InChI is InChI=1S/C19H18N4O4/c1-26-13-7-8-14(17(9-13)27-2)15-10-16(23-22-15)19(25)21-12-5-3-11(4-6-12)18(20)24/h3-10H,1-2H3,(H2,20,24)(H,21,25)(H,22,23). The molecule has 8 heteroatoms. The molecule has 1 heterocycles. The number of hydrogen-bond acceptors (Lipinski definition) is 5. The molecule has 0 spiro atoms. The van der Waals surface area contributed by atoms with E-state index < -0.39 is 5.91 Å². The van der Waals surface area contributed by atoms with Gasteiger partial charge >= 0.3 is 0 Å². The predicted molar refractivity (Wildman–Crippen MR) is 100 cm³/mol. The van der Waals surface area contributed by atoms with Gasteiger partial charge in [0.1, 0.15) is 17.2 Å². The van der Waals surface area contributed by atoms with Crippen molar-refractivity contribution in [3.63, 3.8) is 0 Å². The SMILES string of the molecule is COc1ccc(-c2cc(C(=O)Nc3ccc(C(N)=O)cc3)[nH]n2)c(OC)c1. The van der Waals surface area contributed by atoms with Crippen LogP contribution in [0.5, 0.6) is 11.5 Å². The smallest absolute Gasteiger partial charge is 0.273 e. The molecule has 3 aromatic rings. The molecule has 1 aromatic heterocycles. The molecule has 3 rings (SSSR count). The zero-order valence-electron chi connectivity index (χ0n) is 14.8. The van der Waals surface area contributed by atoms with Crippen molar-refractivity contribution in [1.82, 2.24) is 10.2 Å². The van der Waals surface area contributed by atoms with Crippen molar-refractivity contribution in [3.05, 3.63) is 59.8 Å². The Morgan fingerprint density at radius 2 is 1.78 bits per heavy atom. The molecule has 0 unspecified atom stereocenters. The van der Waals surface area contributed by atoms with Crippen molar-refractivity contribution in [2.45, 2.75) is 0 Å². The number of methoxy groups -OCH3 is 2. The van der Waals surface area contributed by atoms with E-state index in [1.165, 1.54) is 0 Å². The van der Waals surface area contributed by atoms with Gasteiger partial charge in [0.25, 0.3) is 5.91 Å². The van der Waals surface area contributed by atoms with Crippen LogP contribution >= 0.6 is 0 Å². The monoisotopic (exact) mass is 366 g/mol. The average Bonchev–Trinajstić information content (AvgIpc) is 3.18. The first-order chi connectivity index (χ1) is 13.0. The Morgan fingerprint density at radius 3 is 2.41 bits per heavy atom. The van der Waals surface area contributed by atoms with E-state index in [1.54, 1.807) is 62.8 Å². The Hall–Kier alpha value is -3.81. The average molecular weight is 366 g/mol. The minimum absolute atomic E-state index is 0.279. The molecule has 0 aliphatic rings. The van der Waals surface area contributed by atoms with Gasteiger partial charge in [0.15, 0.2) is 0 Å². The van der Waals surface area contributed by atoms with Crippen LogP contribution < -0.4 is 20.5 Å². The van der Waals surface area contributed by atoms with Crippen LogP contribution in [-0.4, -0.2) is 36.2 Å². The van der Waals surface area contributed by atoms with Gasteiger partial charge < -0.3 is 20.5 Å². The first-order valence-corrected chi connectivity index (χ1v) is 8.01. The highest BCUT2D eigenvalue weighted by molar-refractivity contribution is 6.03. The second-order valence-electron chi connectivity index (χ2n) is 5.63. The summed E-state index contributed by atoms with van der Waals surface area (Å²) in [6, 6.07) is 13.2. The Morgan fingerprint density at radius 1 is 1.04 bits per heavy atom. The second-order valence-corrected chi connectivity index (χ2v) is 5.63. The summed E-state index contributed by atoms with van der Waals surface area (Å²) in [7, 11) is 3.12. The first kappa shape index (κ1) is 18.0. The number of rotatable bonds is 6. The number of primary amides is 1. The lowest BCUT2D eigenvalue weighted by atomic mass is 10.1. The van der Waals surface area contributed by atoms with Crippen LogP contribution in [0.25, 0.3) is 11.3 Å². The molecule has 4 N–H and O–H groups in total. The van der Waals surface area contributed by atoms with Gasteiger partial charge in [-0.1, -0.05) is 0 Å². The minimum atomic E-state index is -0.528. The molecule has 0 bridgehead atoms. The number of nitrogens with two attached hydrogens (primary N) is 1. The zero-order chi connectivity index (χ0) is 19.4. The maximum absolute atomic E-state index is 12.4. The first-order valence-electron chi connectivity index (χ1n) is 8.01. The highest BCUT2D eigenvalue weighted by Crippen LogP contribution is 2.32. The van der Waals surface area contributed by atoms with Gasteiger partial charge in [-0.3, -0.25) is 14.7 Å². The molecule has 0 fully saturated rings. The van der Waals surface area contributed by atoms with Gasteiger partial charge in [-0.15, -0.1) is 0 Å². The number of hydrogen-bond donors (Lipinski definition) is 3. The van der Waals surface area contributed by atoms with Gasteiger partial charge in [-0.25, -0.2) is 0 Å². The summed E-state index contributed by atoms with van der Waals surface area (Å²) < 4.78 is 10.5. The molecule has 2 aromatic carbocycles. The van der Waals surface area contributed by atoms with Gasteiger partial charge in [-0.05, 0) is 42.5 Å². The number of aromatic amines is 1. The fraction of sp³-hybridized carbons (Fsp3) is 0.105. The van der Waals surface area contributed by atoms with E-state index in [2.05, 4.69) is 15.5 Å². The van der Waals surface area contributed by atoms with E-state index in [-0.39, 0.29) is 11.6 Å². The highest BCUT2D eigenvalue weighted by atomic mass is 16.5. The summed E-state index contributed by atoms with van der Waals surface area (Å²) in [5, 5.41) is 9.62. The maximum Gasteiger partial charge on any atom is 0.273 e. The van der Waals surface area contributed by atoms with E-state index in [9.17, 15) is 9.59 Å². The normalized spacial score (nSPS) is 10.3. The van der Waals surface area contributed by atoms with Crippen LogP contribution in [0.4, 0.5) is 5.69 Å². The lowest BCUT2D eigenvalue weighted by Gasteiger charge is -2.08. The summed E-state index contributed by atoms with van der Waals surface area (Å²) in [4.78, 5) is 23.5. The van der Waals surface area contributed by atoms with Crippen molar-refractivity contribution in [2.75, 3.05) is 19.5 Å². The van der Waals surface area contributed by atoms with E-state index in [0.29, 0.717) is 28.4 Å². The molecule has 8 nitrogen and oxygen atoms in total. The topological polar surface area (TPSA) is 119 Å².